The maximum atomic E-state index is 6.16. The van der Waals surface area contributed by atoms with Gasteiger partial charge in [0.1, 0.15) is 5.82 Å². The van der Waals surface area contributed by atoms with Gasteiger partial charge in [-0.2, -0.15) is 0 Å². The number of benzene rings is 2. The van der Waals surface area contributed by atoms with Gasteiger partial charge in [-0.1, -0.05) is 36.4 Å². The molecule has 1 aliphatic rings. The van der Waals surface area contributed by atoms with Gasteiger partial charge in [0.2, 0.25) is 0 Å². The molecular formula is C20H23BN2O2. The Morgan fingerprint density at radius 2 is 1.56 bits per heavy atom. The zero-order valence-corrected chi connectivity index (χ0v) is 15.4. The van der Waals surface area contributed by atoms with Crippen molar-refractivity contribution in [2.75, 3.05) is 0 Å². The SMILES string of the molecule is Cn1c(-c2ccccc2)nc2cc(B3OC(C)(C)C(C)(C)O3)ccc21. The second kappa shape index (κ2) is 5.45. The molecule has 0 atom stereocenters. The van der Waals surface area contributed by atoms with Crippen LogP contribution >= 0.6 is 0 Å². The number of hydrogen-bond acceptors (Lipinski definition) is 3. The average molecular weight is 334 g/mol. The van der Waals surface area contributed by atoms with Gasteiger partial charge >= 0.3 is 7.12 Å². The Morgan fingerprint density at radius 3 is 2.20 bits per heavy atom. The summed E-state index contributed by atoms with van der Waals surface area (Å²) >= 11 is 0. The van der Waals surface area contributed by atoms with Crippen molar-refractivity contribution in [1.82, 2.24) is 9.55 Å². The minimum atomic E-state index is -0.364. The first-order chi connectivity index (χ1) is 11.8. The number of rotatable bonds is 2. The fourth-order valence-corrected chi connectivity index (χ4v) is 3.19. The third-order valence-corrected chi connectivity index (χ3v) is 5.46. The van der Waals surface area contributed by atoms with Crippen molar-refractivity contribution in [2.45, 2.75) is 38.9 Å². The molecule has 5 heteroatoms. The number of aryl methyl sites for hydroxylation is 1. The summed E-state index contributed by atoms with van der Waals surface area (Å²) < 4.78 is 14.5. The molecule has 0 aliphatic carbocycles. The monoisotopic (exact) mass is 334 g/mol. The maximum absolute atomic E-state index is 6.16. The van der Waals surface area contributed by atoms with Crippen molar-refractivity contribution < 1.29 is 9.31 Å². The van der Waals surface area contributed by atoms with Crippen LogP contribution in [0.15, 0.2) is 48.5 Å². The molecule has 0 radical (unpaired) electrons. The zero-order chi connectivity index (χ0) is 17.8. The van der Waals surface area contributed by atoms with E-state index in [1.54, 1.807) is 0 Å². The second-order valence-corrected chi connectivity index (χ2v) is 7.70. The number of hydrogen-bond donors (Lipinski definition) is 0. The van der Waals surface area contributed by atoms with Crippen molar-refractivity contribution in [2.24, 2.45) is 7.05 Å². The van der Waals surface area contributed by atoms with Crippen LogP contribution in [0.5, 0.6) is 0 Å². The highest BCUT2D eigenvalue weighted by molar-refractivity contribution is 6.62. The molecule has 0 amide bonds. The average Bonchev–Trinajstić information content (AvgIpc) is 3.01. The maximum Gasteiger partial charge on any atom is 0.494 e. The Labute approximate surface area is 148 Å². The molecule has 1 saturated heterocycles. The third-order valence-electron chi connectivity index (χ3n) is 5.46. The van der Waals surface area contributed by atoms with Gasteiger partial charge in [0.25, 0.3) is 0 Å². The van der Waals surface area contributed by atoms with Crippen LogP contribution in [0.25, 0.3) is 22.4 Å². The van der Waals surface area contributed by atoms with E-state index < -0.39 is 0 Å². The van der Waals surface area contributed by atoms with Gasteiger partial charge in [-0.05, 0) is 45.3 Å². The van der Waals surface area contributed by atoms with E-state index in [4.69, 9.17) is 14.3 Å². The minimum Gasteiger partial charge on any atom is -0.399 e. The zero-order valence-electron chi connectivity index (χ0n) is 15.4. The first-order valence-electron chi connectivity index (χ1n) is 8.66. The molecule has 4 rings (SSSR count). The summed E-state index contributed by atoms with van der Waals surface area (Å²) in [5.41, 5.74) is 3.48. The molecule has 0 bridgehead atoms. The largest absolute Gasteiger partial charge is 0.494 e. The predicted octanol–water partition coefficient (Wildman–Crippen LogP) is 3.54. The molecule has 25 heavy (non-hydrogen) atoms. The van der Waals surface area contributed by atoms with Crippen molar-refractivity contribution in [3.05, 3.63) is 48.5 Å². The normalized spacial score (nSPS) is 18.8. The van der Waals surface area contributed by atoms with Gasteiger partial charge in [-0.25, -0.2) is 4.98 Å². The summed E-state index contributed by atoms with van der Waals surface area (Å²) in [6, 6.07) is 16.5. The summed E-state index contributed by atoms with van der Waals surface area (Å²) in [6.07, 6.45) is 0. The molecule has 4 nitrogen and oxygen atoms in total. The van der Waals surface area contributed by atoms with Gasteiger partial charge in [0, 0.05) is 12.6 Å². The Hall–Kier alpha value is -2.11. The van der Waals surface area contributed by atoms with E-state index in [0.717, 1.165) is 27.9 Å². The fraction of sp³-hybridized carbons (Fsp3) is 0.350. The first-order valence-corrected chi connectivity index (χ1v) is 8.66. The van der Waals surface area contributed by atoms with Crippen LogP contribution in [0.3, 0.4) is 0 Å². The molecule has 0 saturated carbocycles. The summed E-state index contributed by atoms with van der Waals surface area (Å²) in [5, 5.41) is 0. The Kier molecular flexibility index (Phi) is 3.57. The van der Waals surface area contributed by atoms with Crippen LogP contribution in [-0.4, -0.2) is 27.9 Å². The van der Waals surface area contributed by atoms with E-state index in [0.29, 0.717) is 0 Å². The molecule has 0 unspecified atom stereocenters. The standard InChI is InChI=1S/C20H23BN2O2/c1-19(2)20(3,4)25-21(24-19)15-11-12-17-16(13-15)22-18(23(17)5)14-9-7-6-8-10-14/h6-13H,1-5H3. The summed E-state index contributed by atoms with van der Waals surface area (Å²) in [4.78, 5) is 4.84. The fourth-order valence-electron chi connectivity index (χ4n) is 3.19. The molecule has 0 N–H and O–H groups in total. The van der Waals surface area contributed by atoms with E-state index >= 15 is 0 Å². The van der Waals surface area contributed by atoms with Crippen LogP contribution in [0, 0.1) is 0 Å². The third kappa shape index (κ3) is 2.59. The van der Waals surface area contributed by atoms with E-state index in [2.05, 4.69) is 62.6 Å². The lowest BCUT2D eigenvalue weighted by Crippen LogP contribution is -2.41. The first kappa shape index (κ1) is 16.4. The van der Waals surface area contributed by atoms with Crippen LogP contribution in [0.2, 0.25) is 0 Å². The molecule has 128 valence electrons. The van der Waals surface area contributed by atoms with Crippen LogP contribution < -0.4 is 5.46 Å². The summed E-state index contributed by atoms with van der Waals surface area (Å²) in [7, 11) is 1.68. The van der Waals surface area contributed by atoms with E-state index in [-0.39, 0.29) is 18.3 Å². The Balaban J connectivity index is 1.75. The number of imidazole rings is 1. The molecular weight excluding hydrogens is 311 g/mol. The highest BCUT2D eigenvalue weighted by Crippen LogP contribution is 2.36. The number of aromatic nitrogens is 2. The Bertz CT molecular complexity index is 916. The van der Waals surface area contributed by atoms with Crippen molar-refractivity contribution in [3.63, 3.8) is 0 Å². The summed E-state index contributed by atoms with van der Waals surface area (Å²) in [5.74, 6) is 0.960. The van der Waals surface area contributed by atoms with Crippen LogP contribution in [-0.2, 0) is 16.4 Å². The predicted molar refractivity (Wildman–Crippen MR) is 102 cm³/mol. The lowest BCUT2D eigenvalue weighted by Gasteiger charge is -2.32. The molecule has 3 aromatic rings. The van der Waals surface area contributed by atoms with Crippen molar-refractivity contribution in [1.29, 1.82) is 0 Å². The highest BCUT2D eigenvalue weighted by Gasteiger charge is 2.51. The quantitative estimate of drug-likeness (QED) is 0.673. The number of fused-ring (bicyclic) bond motifs is 1. The molecule has 2 aromatic carbocycles. The van der Waals surface area contributed by atoms with E-state index in [9.17, 15) is 0 Å². The summed E-state index contributed by atoms with van der Waals surface area (Å²) in [6.45, 7) is 8.28. The van der Waals surface area contributed by atoms with Gasteiger partial charge in [0.05, 0.1) is 22.2 Å². The number of nitrogens with zero attached hydrogens (tertiary/aromatic N) is 2. The lowest BCUT2D eigenvalue weighted by atomic mass is 9.79. The molecule has 2 heterocycles. The topological polar surface area (TPSA) is 36.3 Å². The van der Waals surface area contributed by atoms with Gasteiger partial charge in [-0.3, -0.25) is 0 Å². The van der Waals surface area contributed by atoms with E-state index in [1.165, 1.54) is 0 Å². The second-order valence-electron chi connectivity index (χ2n) is 7.70. The van der Waals surface area contributed by atoms with Gasteiger partial charge in [-0.15, -0.1) is 0 Å². The highest BCUT2D eigenvalue weighted by atomic mass is 16.7. The molecule has 1 aliphatic heterocycles. The smallest absolute Gasteiger partial charge is 0.399 e. The minimum absolute atomic E-state index is 0.341. The van der Waals surface area contributed by atoms with Gasteiger partial charge < -0.3 is 13.9 Å². The van der Waals surface area contributed by atoms with Crippen molar-refractivity contribution >= 4 is 23.6 Å². The lowest BCUT2D eigenvalue weighted by molar-refractivity contribution is 0.00578. The Morgan fingerprint density at radius 1 is 0.920 bits per heavy atom. The molecule has 1 aromatic heterocycles. The van der Waals surface area contributed by atoms with Crippen molar-refractivity contribution in [3.8, 4) is 11.4 Å². The molecule has 1 fully saturated rings. The van der Waals surface area contributed by atoms with E-state index in [1.807, 2.05) is 25.2 Å². The van der Waals surface area contributed by atoms with Crippen LogP contribution in [0.4, 0.5) is 0 Å². The molecule has 0 spiro atoms. The van der Waals surface area contributed by atoms with Crippen LogP contribution in [0.1, 0.15) is 27.7 Å². The van der Waals surface area contributed by atoms with Gasteiger partial charge in [0.15, 0.2) is 0 Å².